The molecule has 0 bridgehead atoms. The molecule has 2 aromatic rings. The quantitative estimate of drug-likeness (QED) is 0.744. The SMILES string of the molecule is OC1=c2ccccc2=Cc2c(Cl)cccc2N1. The maximum absolute atomic E-state index is 10.0. The Balaban J connectivity index is 2.43. The third-order valence-electron chi connectivity index (χ3n) is 2.82. The largest absolute Gasteiger partial charge is 0.494 e. The van der Waals surface area contributed by atoms with E-state index in [0.717, 1.165) is 21.7 Å². The summed E-state index contributed by atoms with van der Waals surface area (Å²) in [6.07, 6.45) is 1.98. The Hall–Kier alpha value is -1.93. The zero-order chi connectivity index (χ0) is 11.8. The maximum Gasteiger partial charge on any atom is 0.196 e. The van der Waals surface area contributed by atoms with Gasteiger partial charge in [-0.2, -0.15) is 0 Å². The number of hydrogen-bond acceptors (Lipinski definition) is 2. The molecule has 0 aromatic heterocycles. The molecular formula is C14H10ClNO. The predicted octanol–water partition coefficient (Wildman–Crippen LogP) is 2.22. The molecule has 1 heterocycles. The topological polar surface area (TPSA) is 32.3 Å². The molecule has 17 heavy (non-hydrogen) atoms. The van der Waals surface area contributed by atoms with Crippen LogP contribution >= 0.6 is 11.6 Å². The molecule has 1 aliphatic rings. The van der Waals surface area contributed by atoms with E-state index < -0.39 is 0 Å². The van der Waals surface area contributed by atoms with Crippen LogP contribution in [-0.2, 0) is 0 Å². The Bertz CT molecular complexity index is 706. The molecule has 0 atom stereocenters. The van der Waals surface area contributed by atoms with Gasteiger partial charge in [0.05, 0.1) is 0 Å². The van der Waals surface area contributed by atoms with E-state index >= 15 is 0 Å². The highest BCUT2D eigenvalue weighted by atomic mass is 35.5. The van der Waals surface area contributed by atoms with Gasteiger partial charge in [-0.05, 0) is 29.5 Å². The van der Waals surface area contributed by atoms with Crippen LogP contribution in [0.3, 0.4) is 0 Å². The lowest BCUT2D eigenvalue weighted by Gasteiger charge is -2.07. The molecule has 0 spiro atoms. The standard InChI is InChI=1S/C14H10ClNO/c15-12-6-3-7-13-11(12)8-9-4-1-2-5-10(9)14(17)16-13/h1-8,16-17H. The van der Waals surface area contributed by atoms with Crippen molar-refractivity contribution in [3.63, 3.8) is 0 Å². The third-order valence-corrected chi connectivity index (χ3v) is 3.15. The second-order valence-corrected chi connectivity index (χ2v) is 4.31. The Morgan fingerprint density at radius 3 is 2.71 bits per heavy atom. The Kier molecular flexibility index (Phi) is 2.30. The molecule has 3 heteroatoms. The zero-order valence-electron chi connectivity index (χ0n) is 8.94. The van der Waals surface area contributed by atoms with Gasteiger partial charge in [0.15, 0.2) is 5.88 Å². The minimum Gasteiger partial charge on any atom is -0.494 e. The normalized spacial score (nSPS) is 12.9. The first kappa shape index (κ1) is 10.2. The van der Waals surface area contributed by atoms with Gasteiger partial charge in [-0.15, -0.1) is 0 Å². The van der Waals surface area contributed by atoms with E-state index in [1.807, 2.05) is 48.5 Å². The summed E-state index contributed by atoms with van der Waals surface area (Å²) in [6, 6.07) is 13.2. The average molecular weight is 244 g/mol. The van der Waals surface area contributed by atoms with Crippen molar-refractivity contribution in [1.29, 1.82) is 0 Å². The van der Waals surface area contributed by atoms with Crippen LogP contribution in [0.1, 0.15) is 5.56 Å². The van der Waals surface area contributed by atoms with Crippen LogP contribution in [0.15, 0.2) is 42.5 Å². The lowest BCUT2D eigenvalue weighted by atomic mass is 10.1. The van der Waals surface area contributed by atoms with Crippen molar-refractivity contribution in [2.75, 3.05) is 5.32 Å². The highest BCUT2D eigenvalue weighted by molar-refractivity contribution is 6.32. The Labute approximate surface area is 103 Å². The van der Waals surface area contributed by atoms with Crippen molar-refractivity contribution in [3.05, 3.63) is 63.5 Å². The monoisotopic (exact) mass is 243 g/mol. The van der Waals surface area contributed by atoms with E-state index in [2.05, 4.69) is 5.32 Å². The van der Waals surface area contributed by atoms with Gasteiger partial charge < -0.3 is 10.4 Å². The fraction of sp³-hybridized carbons (Fsp3) is 0. The van der Waals surface area contributed by atoms with Crippen LogP contribution < -0.4 is 15.8 Å². The molecule has 84 valence electrons. The van der Waals surface area contributed by atoms with Gasteiger partial charge in [0.2, 0.25) is 0 Å². The summed E-state index contributed by atoms with van der Waals surface area (Å²) in [7, 11) is 0. The van der Waals surface area contributed by atoms with E-state index in [1.165, 1.54) is 0 Å². The third kappa shape index (κ3) is 1.67. The summed E-state index contributed by atoms with van der Waals surface area (Å²) in [6.45, 7) is 0. The number of aliphatic hydroxyl groups is 1. The summed E-state index contributed by atoms with van der Waals surface area (Å²) in [5.41, 5.74) is 1.71. The van der Waals surface area contributed by atoms with E-state index in [4.69, 9.17) is 11.6 Å². The highest BCUT2D eigenvalue weighted by Crippen LogP contribution is 2.26. The van der Waals surface area contributed by atoms with Crippen molar-refractivity contribution in [3.8, 4) is 0 Å². The molecule has 0 saturated heterocycles. The van der Waals surface area contributed by atoms with Crippen LogP contribution in [0.2, 0.25) is 5.02 Å². The minimum absolute atomic E-state index is 0.151. The molecule has 0 saturated carbocycles. The first-order chi connectivity index (χ1) is 8.25. The molecule has 0 aliphatic carbocycles. The lowest BCUT2D eigenvalue weighted by molar-refractivity contribution is 0.502. The molecule has 3 rings (SSSR count). The smallest absolute Gasteiger partial charge is 0.196 e. The Morgan fingerprint density at radius 1 is 1.00 bits per heavy atom. The number of rotatable bonds is 0. The summed E-state index contributed by atoms with van der Waals surface area (Å²) >= 11 is 6.17. The first-order valence-electron chi connectivity index (χ1n) is 5.31. The number of nitrogens with one attached hydrogen (secondary N) is 1. The molecule has 0 radical (unpaired) electrons. The average Bonchev–Trinajstić information content (AvgIpc) is 2.47. The number of benzene rings is 2. The molecule has 2 aromatic carbocycles. The van der Waals surface area contributed by atoms with Gasteiger partial charge in [0, 0.05) is 21.5 Å². The lowest BCUT2D eigenvalue weighted by Crippen LogP contribution is -2.27. The van der Waals surface area contributed by atoms with Gasteiger partial charge in [-0.3, -0.25) is 0 Å². The molecule has 0 unspecified atom stereocenters. The summed E-state index contributed by atoms with van der Waals surface area (Å²) in [4.78, 5) is 0. The number of anilines is 1. The summed E-state index contributed by atoms with van der Waals surface area (Å²) in [5.74, 6) is 0.151. The second kappa shape index (κ2) is 3.82. The van der Waals surface area contributed by atoms with Crippen molar-refractivity contribution in [2.45, 2.75) is 0 Å². The molecule has 0 amide bonds. The zero-order valence-corrected chi connectivity index (χ0v) is 9.70. The molecule has 2 N–H and O–H groups in total. The van der Waals surface area contributed by atoms with Crippen LogP contribution in [0, 0.1) is 0 Å². The van der Waals surface area contributed by atoms with Gasteiger partial charge in [-0.25, -0.2) is 0 Å². The highest BCUT2D eigenvalue weighted by Gasteiger charge is 2.09. The van der Waals surface area contributed by atoms with Gasteiger partial charge in [-0.1, -0.05) is 35.9 Å². The number of aliphatic hydroxyl groups excluding tert-OH is 1. The van der Waals surface area contributed by atoms with Gasteiger partial charge >= 0.3 is 0 Å². The fourth-order valence-electron chi connectivity index (χ4n) is 1.98. The first-order valence-corrected chi connectivity index (χ1v) is 5.69. The Morgan fingerprint density at radius 2 is 1.82 bits per heavy atom. The van der Waals surface area contributed by atoms with Gasteiger partial charge in [0.25, 0.3) is 0 Å². The van der Waals surface area contributed by atoms with E-state index in [-0.39, 0.29) is 5.88 Å². The number of halogens is 1. The van der Waals surface area contributed by atoms with Gasteiger partial charge in [0.1, 0.15) is 0 Å². The minimum atomic E-state index is 0.151. The number of fused-ring (bicyclic) bond motifs is 2. The van der Waals surface area contributed by atoms with Crippen molar-refractivity contribution < 1.29 is 5.11 Å². The number of hydrogen-bond donors (Lipinski definition) is 2. The molecule has 0 fully saturated rings. The second-order valence-electron chi connectivity index (χ2n) is 3.91. The summed E-state index contributed by atoms with van der Waals surface area (Å²) < 4.78 is 0. The van der Waals surface area contributed by atoms with Crippen LogP contribution in [0.5, 0.6) is 0 Å². The van der Waals surface area contributed by atoms with Crippen molar-refractivity contribution >= 4 is 29.2 Å². The van der Waals surface area contributed by atoms with Crippen molar-refractivity contribution in [2.24, 2.45) is 0 Å². The maximum atomic E-state index is 10.0. The van der Waals surface area contributed by atoms with Crippen LogP contribution in [0.25, 0.3) is 12.0 Å². The van der Waals surface area contributed by atoms with E-state index in [9.17, 15) is 5.11 Å². The predicted molar refractivity (Wildman–Crippen MR) is 70.4 cm³/mol. The van der Waals surface area contributed by atoms with Crippen LogP contribution in [-0.4, -0.2) is 5.11 Å². The molecule has 1 aliphatic heterocycles. The fourth-order valence-corrected chi connectivity index (χ4v) is 2.21. The van der Waals surface area contributed by atoms with Crippen LogP contribution in [0.4, 0.5) is 5.69 Å². The van der Waals surface area contributed by atoms with E-state index in [1.54, 1.807) is 0 Å². The van der Waals surface area contributed by atoms with Crippen molar-refractivity contribution in [1.82, 2.24) is 0 Å². The molecular weight excluding hydrogens is 234 g/mol. The summed E-state index contributed by atoms with van der Waals surface area (Å²) in [5, 5.41) is 15.4. The van der Waals surface area contributed by atoms with E-state index in [0.29, 0.717) is 5.02 Å². The molecule has 2 nitrogen and oxygen atoms in total.